The molecule has 120 valence electrons. The summed E-state index contributed by atoms with van der Waals surface area (Å²) in [6, 6.07) is 5.05. The molecule has 0 saturated carbocycles. The summed E-state index contributed by atoms with van der Waals surface area (Å²) in [5.74, 6) is 0.327. The van der Waals surface area contributed by atoms with Crippen LogP contribution in [0.2, 0.25) is 5.02 Å². The summed E-state index contributed by atoms with van der Waals surface area (Å²) < 4.78 is 14.2. The van der Waals surface area contributed by atoms with E-state index in [4.69, 9.17) is 11.6 Å². The molecule has 1 aromatic rings. The lowest BCUT2D eigenvalue weighted by Gasteiger charge is -2.28. The highest BCUT2D eigenvalue weighted by molar-refractivity contribution is 6.30. The van der Waals surface area contributed by atoms with Gasteiger partial charge in [0.25, 0.3) is 0 Å². The Bertz CT molecular complexity index is 439. The van der Waals surface area contributed by atoms with Gasteiger partial charge < -0.3 is 5.32 Å². The molecule has 0 amide bonds. The van der Waals surface area contributed by atoms with Crippen LogP contribution in [0.1, 0.15) is 65.5 Å². The van der Waals surface area contributed by atoms with Gasteiger partial charge in [-0.15, -0.1) is 0 Å². The van der Waals surface area contributed by atoms with Crippen molar-refractivity contribution in [3.8, 4) is 0 Å². The minimum Gasteiger partial charge on any atom is -0.310 e. The van der Waals surface area contributed by atoms with Crippen molar-refractivity contribution in [2.45, 2.75) is 59.9 Å². The second kappa shape index (κ2) is 8.14. The molecule has 1 N–H and O–H groups in total. The molecule has 2 atom stereocenters. The van der Waals surface area contributed by atoms with Gasteiger partial charge >= 0.3 is 0 Å². The Kier molecular flexibility index (Phi) is 7.15. The molecule has 21 heavy (non-hydrogen) atoms. The molecule has 0 spiro atoms. The zero-order valence-corrected chi connectivity index (χ0v) is 14.7. The molecular formula is C18H29ClFN. The van der Waals surface area contributed by atoms with E-state index in [0.717, 1.165) is 31.4 Å². The molecule has 1 nitrogen and oxygen atoms in total. The highest BCUT2D eigenvalue weighted by Gasteiger charge is 2.21. The fourth-order valence-electron chi connectivity index (χ4n) is 2.95. The summed E-state index contributed by atoms with van der Waals surface area (Å²) in [6.07, 6.45) is 3.11. The maximum atomic E-state index is 14.2. The van der Waals surface area contributed by atoms with Crippen molar-refractivity contribution in [3.05, 3.63) is 34.6 Å². The number of benzene rings is 1. The van der Waals surface area contributed by atoms with Crippen molar-refractivity contribution in [1.82, 2.24) is 5.32 Å². The van der Waals surface area contributed by atoms with E-state index >= 15 is 0 Å². The molecule has 1 rings (SSSR count). The van der Waals surface area contributed by atoms with Gasteiger partial charge in [0.2, 0.25) is 0 Å². The van der Waals surface area contributed by atoms with E-state index in [-0.39, 0.29) is 11.9 Å². The van der Waals surface area contributed by atoms with Crippen LogP contribution in [-0.4, -0.2) is 6.54 Å². The SMILES string of the molecule is CCCNC(CC(C)CC(C)(C)C)c1ccc(Cl)cc1F. The smallest absolute Gasteiger partial charge is 0.129 e. The highest BCUT2D eigenvalue weighted by Crippen LogP contribution is 2.32. The maximum Gasteiger partial charge on any atom is 0.129 e. The van der Waals surface area contributed by atoms with Crippen molar-refractivity contribution in [2.75, 3.05) is 6.54 Å². The molecule has 0 heterocycles. The van der Waals surface area contributed by atoms with Crippen LogP contribution in [0.3, 0.4) is 0 Å². The summed E-state index contributed by atoms with van der Waals surface area (Å²) in [7, 11) is 0. The van der Waals surface area contributed by atoms with Crippen LogP contribution in [-0.2, 0) is 0 Å². The zero-order chi connectivity index (χ0) is 16.0. The molecular weight excluding hydrogens is 285 g/mol. The number of halogens is 2. The van der Waals surface area contributed by atoms with Crippen LogP contribution in [0.25, 0.3) is 0 Å². The first-order chi connectivity index (χ1) is 9.73. The Morgan fingerprint density at radius 3 is 2.48 bits per heavy atom. The average Bonchev–Trinajstić information content (AvgIpc) is 2.32. The summed E-state index contributed by atoms with van der Waals surface area (Å²) in [5, 5.41) is 3.93. The van der Waals surface area contributed by atoms with Crippen molar-refractivity contribution < 1.29 is 4.39 Å². The van der Waals surface area contributed by atoms with E-state index in [1.54, 1.807) is 6.07 Å². The maximum absolute atomic E-state index is 14.2. The van der Waals surface area contributed by atoms with Gasteiger partial charge in [0.05, 0.1) is 0 Å². The number of nitrogens with one attached hydrogen (secondary N) is 1. The fourth-order valence-corrected chi connectivity index (χ4v) is 3.11. The Labute approximate surface area is 134 Å². The average molecular weight is 314 g/mol. The lowest BCUT2D eigenvalue weighted by Crippen LogP contribution is -2.26. The van der Waals surface area contributed by atoms with Gasteiger partial charge in [0, 0.05) is 16.6 Å². The van der Waals surface area contributed by atoms with Gasteiger partial charge in [-0.05, 0) is 49.3 Å². The van der Waals surface area contributed by atoms with Crippen molar-refractivity contribution in [3.63, 3.8) is 0 Å². The lowest BCUT2D eigenvalue weighted by molar-refractivity contribution is 0.274. The Balaban J connectivity index is 2.84. The summed E-state index contributed by atoms with van der Waals surface area (Å²) in [5.41, 5.74) is 1.03. The molecule has 0 fully saturated rings. The second-order valence-corrected chi connectivity index (χ2v) is 7.71. The standard InChI is InChI=1S/C18H29ClFN/c1-6-9-21-17(10-13(2)12-18(3,4)5)15-8-7-14(19)11-16(15)20/h7-8,11,13,17,21H,6,9-10,12H2,1-5H3. The Hall–Kier alpha value is -0.600. The van der Waals surface area contributed by atoms with Crippen LogP contribution < -0.4 is 5.32 Å². The minimum atomic E-state index is -0.209. The van der Waals surface area contributed by atoms with E-state index in [2.05, 4.69) is 39.9 Å². The van der Waals surface area contributed by atoms with Gasteiger partial charge in [-0.25, -0.2) is 4.39 Å². The molecule has 0 aliphatic heterocycles. The largest absolute Gasteiger partial charge is 0.310 e. The molecule has 2 unspecified atom stereocenters. The van der Waals surface area contributed by atoms with Gasteiger partial charge in [-0.2, -0.15) is 0 Å². The second-order valence-electron chi connectivity index (χ2n) is 7.28. The summed E-state index contributed by atoms with van der Waals surface area (Å²) in [4.78, 5) is 0. The number of hydrogen-bond donors (Lipinski definition) is 1. The molecule has 0 saturated heterocycles. The molecule has 3 heteroatoms. The Morgan fingerprint density at radius 2 is 1.95 bits per heavy atom. The monoisotopic (exact) mass is 313 g/mol. The summed E-state index contributed by atoms with van der Waals surface area (Å²) in [6.45, 7) is 12.0. The third-order valence-electron chi connectivity index (χ3n) is 3.58. The predicted octanol–water partition coefficient (Wildman–Crippen LogP) is 5.98. The molecule has 0 aromatic heterocycles. The molecule has 0 aliphatic rings. The van der Waals surface area contributed by atoms with Crippen LogP contribution in [0, 0.1) is 17.2 Å². The van der Waals surface area contributed by atoms with Crippen LogP contribution >= 0.6 is 11.6 Å². The fraction of sp³-hybridized carbons (Fsp3) is 0.667. The zero-order valence-electron chi connectivity index (χ0n) is 14.0. The van der Waals surface area contributed by atoms with Gasteiger partial charge in [-0.1, -0.05) is 52.3 Å². The van der Waals surface area contributed by atoms with Crippen LogP contribution in [0.5, 0.6) is 0 Å². The Morgan fingerprint density at radius 1 is 1.29 bits per heavy atom. The lowest BCUT2D eigenvalue weighted by atomic mass is 9.82. The van der Waals surface area contributed by atoms with Crippen molar-refractivity contribution >= 4 is 11.6 Å². The highest BCUT2D eigenvalue weighted by atomic mass is 35.5. The van der Waals surface area contributed by atoms with E-state index in [1.165, 1.54) is 6.07 Å². The quantitative estimate of drug-likeness (QED) is 0.652. The molecule has 0 bridgehead atoms. The molecule has 0 radical (unpaired) electrons. The number of rotatable bonds is 7. The third-order valence-corrected chi connectivity index (χ3v) is 3.81. The van der Waals surface area contributed by atoms with Crippen molar-refractivity contribution in [1.29, 1.82) is 0 Å². The summed E-state index contributed by atoms with van der Waals surface area (Å²) >= 11 is 5.86. The minimum absolute atomic E-state index is 0.0552. The number of hydrogen-bond acceptors (Lipinski definition) is 1. The topological polar surface area (TPSA) is 12.0 Å². The van der Waals surface area contributed by atoms with E-state index in [1.807, 2.05) is 6.07 Å². The van der Waals surface area contributed by atoms with Crippen LogP contribution in [0.15, 0.2) is 18.2 Å². The van der Waals surface area contributed by atoms with E-state index < -0.39 is 0 Å². The van der Waals surface area contributed by atoms with Gasteiger partial charge in [0.1, 0.15) is 5.82 Å². The first kappa shape index (κ1) is 18.4. The van der Waals surface area contributed by atoms with E-state index in [0.29, 0.717) is 16.4 Å². The molecule has 0 aliphatic carbocycles. The first-order valence-electron chi connectivity index (χ1n) is 7.91. The van der Waals surface area contributed by atoms with Gasteiger partial charge in [-0.3, -0.25) is 0 Å². The molecule has 1 aromatic carbocycles. The third kappa shape index (κ3) is 6.80. The van der Waals surface area contributed by atoms with E-state index in [9.17, 15) is 4.39 Å². The van der Waals surface area contributed by atoms with Crippen LogP contribution in [0.4, 0.5) is 4.39 Å². The van der Waals surface area contributed by atoms with Crippen molar-refractivity contribution in [2.24, 2.45) is 11.3 Å². The predicted molar refractivity (Wildman–Crippen MR) is 90.3 cm³/mol. The normalized spacial score (nSPS) is 15.0. The first-order valence-corrected chi connectivity index (χ1v) is 8.29. The van der Waals surface area contributed by atoms with Gasteiger partial charge in [0.15, 0.2) is 0 Å².